The van der Waals surface area contributed by atoms with Crippen molar-refractivity contribution in [3.63, 3.8) is 0 Å². The monoisotopic (exact) mass is 415 g/mol. The predicted molar refractivity (Wildman–Crippen MR) is 116 cm³/mol. The molecule has 2 aromatic rings. The number of benzene rings is 1. The number of unbranched alkanes of at least 4 members (excludes halogenated alkanes) is 2. The lowest BCUT2D eigenvalue weighted by Gasteiger charge is -2.30. The minimum Gasteiger partial charge on any atom is -0.482 e. The van der Waals surface area contributed by atoms with Gasteiger partial charge >= 0.3 is 0 Å². The molecule has 0 bridgehead atoms. The number of aromatic nitrogens is 1. The van der Waals surface area contributed by atoms with Crippen molar-refractivity contribution in [2.45, 2.75) is 58.9 Å². The molecule has 1 aromatic heterocycles. The number of fused-ring (bicyclic) bond motifs is 1. The standard InChI is InChI=1S/C22H29N3O3S/c1-5-6-7-10-23-21(27)16-14-29-19(24-16)12-25-17-11-15(22(2,3)4)8-9-18(17)28-13-20(25)26/h8-9,11,14H,5-7,10,12-13H2,1-4H3,(H,23,27). The number of hydrogen-bond donors (Lipinski definition) is 1. The van der Waals surface area contributed by atoms with Crippen LogP contribution in [0.2, 0.25) is 0 Å². The maximum atomic E-state index is 12.6. The molecular formula is C22H29N3O3S. The molecule has 3 rings (SSSR count). The van der Waals surface area contributed by atoms with E-state index >= 15 is 0 Å². The molecule has 6 nitrogen and oxygen atoms in total. The minimum atomic E-state index is -0.160. The first-order chi connectivity index (χ1) is 13.8. The van der Waals surface area contributed by atoms with Gasteiger partial charge in [0.1, 0.15) is 16.5 Å². The molecular weight excluding hydrogens is 386 g/mol. The lowest BCUT2D eigenvalue weighted by atomic mass is 9.86. The number of nitrogens with zero attached hydrogens (tertiary/aromatic N) is 2. The number of carbonyl (C=O) groups excluding carboxylic acids is 2. The van der Waals surface area contributed by atoms with Crippen molar-refractivity contribution in [1.82, 2.24) is 10.3 Å². The number of amides is 2. The zero-order valence-electron chi connectivity index (χ0n) is 17.6. The molecule has 0 fully saturated rings. The Morgan fingerprint density at radius 2 is 2.10 bits per heavy atom. The van der Waals surface area contributed by atoms with Crippen molar-refractivity contribution < 1.29 is 14.3 Å². The Morgan fingerprint density at radius 1 is 1.31 bits per heavy atom. The second-order valence-electron chi connectivity index (χ2n) is 8.29. The number of carbonyl (C=O) groups is 2. The highest BCUT2D eigenvalue weighted by Gasteiger charge is 2.28. The molecule has 1 aromatic carbocycles. The fourth-order valence-electron chi connectivity index (χ4n) is 3.13. The highest BCUT2D eigenvalue weighted by atomic mass is 32.1. The Bertz CT molecular complexity index is 886. The molecule has 1 aliphatic heterocycles. The maximum Gasteiger partial charge on any atom is 0.270 e. The van der Waals surface area contributed by atoms with Gasteiger partial charge in [-0.2, -0.15) is 0 Å². The largest absolute Gasteiger partial charge is 0.482 e. The third kappa shape index (κ3) is 5.15. The number of anilines is 1. The van der Waals surface area contributed by atoms with Crippen molar-refractivity contribution in [2.75, 3.05) is 18.1 Å². The van der Waals surface area contributed by atoms with Crippen molar-refractivity contribution in [3.05, 3.63) is 39.8 Å². The van der Waals surface area contributed by atoms with Gasteiger partial charge in [0.05, 0.1) is 12.2 Å². The maximum absolute atomic E-state index is 12.6. The summed E-state index contributed by atoms with van der Waals surface area (Å²) in [5.41, 5.74) is 2.26. The van der Waals surface area contributed by atoms with Crippen LogP contribution in [0.15, 0.2) is 23.6 Å². The fraction of sp³-hybridized carbons (Fsp3) is 0.500. The third-order valence-electron chi connectivity index (χ3n) is 4.91. The van der Waals surface area contributed by atoms with Gasteiger partial charge in [-0.3, -0.25) is 14.5 Å². The van der Waals surface area contributed by atoms with E-state index in [-0.39, 0.29) is 23.8 Å². The van der Waals surface area contributed by atoms with E-state index in [2.05, 4.69) is 38.0 Å². The van der Waals surface area contributed by atoms with Crippen LogP contribution in [0.5, 0.6) is 5.75 Å². The smallest absolute Gasteiger partial charge is 0.270 e. The van der Waals surface area contributed by atoms with E-state index in [1.807, 2.05) is 18.2 Å². The quantitative estimate of drug-likeness (QED) is 0.685. The predicted octanol–water partition coefficient (Wildman–Crippen LogP) is 4.29. The SMILES string of the molecule is CCCCCNC(=O)c1csc(CN2C(=O)COc3ccc(C(C)(C)C)cc32)n1. The van der Waals surface area contributed by atoms with Crippen LogP contribution in [-0.4, -0.2) is 29.9 Å². The van der Waals surface area contributed by atoms with E-state index in [9.17, 15) is 9.59 Å². The summed E-state index contributed by atoms with van der Waals surface area (Å²) in [6, 6.07) is 5.98. The second-order valence-corrected chi connectivity index (χ2v) is 9.23. The molecule has 0 saturated heterocycles. The summed E-state index contributed by atoms with van der Waals surface area (Å²) < 4.78 is 5.61. The Labute approximate surface area is 176 Å². The Morgan fingerprint density at radius 3 is 2.83 bits per heavy atom. The van der Waals surface area contributed by atoms with Crippen molar-refractivity contribution in [2.24, 2.45) is 0 Å². The molecule has 156 valence electrons. The van der Waals surface area contributed by atoms with E-state index in [0.717, 1.165) is 35.5 Å². The molecule has 7 heteroatoms. The van der Waals surface area contributed by atoms with Gasteiger partial charge in [0.15, 0.2) is 6.61 Å². The van der Waals surface area contributed by atoms with Crippen LogP contribution in [0.1, 0.15) is 68.0 Å². The summed E-state index contributed by atoms with van der Waals surface area (Å²) in [5.74, 6) is 0.430. The summed E-state index contributed by atoms with van der Waals surface area (Å²) in [5, 5.41) is 5.38. The summed E-state index contributed by atoms with van der Waals surface area (Å²) >= 11 is 1.40. The molecule has 29 heavy (non-hydrogen) atoms. The van der Waals surface area contributed by atoms with Crippen LogP contribution in [0, 0.1) is 0 Å². The Hall–Kier alpha value is -2.41. The molecule has 2 heterocycles. The number of thiazole rings is 1. The summed E-state index contributed by atoms with van der Waals surface area (Å²) in [7, 11) is 0. The van der Waals surface area contributed by atoms with E-state index in [1.165, 1.54) is 11.3 Å². The first-order valence-electron chi connectivity index (χ1n) is 10.1. The average Bonchev–Trinajstić information content (AvgIpc) is 3.15. The van der Waals surface area contributed by atoms with E-state index in [4.69, 9.17) is 4.74 Å². The van der Waals surface area contributed by atoms with E-state index in [0.29, 0.717) is 24.5 Å². The molecule has 0 atom stereocenters. The molecule has 0 spiro atoms. The van der Waals surface area contributed by atoms with Gasteiger partial charge < -0.3 is 10.1 Å². The molecule has 0 radical (unpaired) electrons. The molecule has 1 N–H and O–H groups in total. The molecule has 0 aliphatic carbocycles. The molecule has 1 aliphatic rings. The van der Waals surface area contributed by atoms with Gasteiger partial charge in [-0.25, -0.2) is 4.98 Å². The van der Waals surface area contributed by atoms with Gasteiger partial charge in [0.2, 0.25) is 0 Å². The van der Waals surface area contributed by atoms with Crippen LogP contribution in [-0.2, 0) is 16.8 Å². The van der Waals surface area contributed by atoms with Crippen LogP contribution in [0.3, 0.4) is 0 Å². The molecule has 0 saturated carbocycles. The minimum absolute atomic E-state index is 0.0119. The van der Waals surface area contributed by atoms with Gasteiger partial charge in [-0.15, -0.1) is 11.3 Å². The van der Waals surface area contributed by atoms with Gasteiger partial charge in [0, 0.05) is 11.9 Å². The first-order valence-corrected chi connectivity index (χ1v) is 11.0. The van der Waals surface area contributed by atoms with E-state index in [1.54, 1.807) is 10.3 Å². The topological polar surface area (TPSA) is 71.5 Å². The summed E-state index contributed by atoms with van der Waals surface area (Å²) in [6.45, 7) is 9.54. The second kappa shape index (κ2) is 8.95. The zero-order valence-corrected chi connectivity index (χ0v) is 18.4. The number of rotatable bonds is 7. The van der Waals surface area contributed by atoms with Gasteiger partial charge in [0.25, 0.3) is 11.8 Å². The normalized spacial score (nSPS) is 13.8. The summed E-state index contributed by atoms with van der Waals surface area (Å²) in [4.78, 5) is 31.0. The molecule has 0 unspecified atom stereocenters. The van der Waals surface area contributed by atoms with Crippen LogP contribution in [0.4, 0.5) is 5.69 Å². The Kier molecular flexibility index (Phi) is 6.57. The lowest BCUT2D eigenvalue weighted by molar-refractivity contribution is -0.121. The average molecular weight is 416 g/mol. The molecule has 2 amide bonds. The van der Waals surface area contributed by atoms with Crippen molar-refractivity contribution in [1.29, 1.82) is 0 Å². The summed E-state index contributed by atoms with van der Waals surface area (Å²) in [6.07, 6.45) is 3.18. The van der Waals surface area contributed by atoms with Gasteiger partial charge in [-0.1, -0.05) is 46.6 Å². The highest BCUT2D eigenvalue weighted by molar-refractivity contribution is 7.09. The van der Waals surface area contributed by atoms with Crippen molar-refractivity contribution >= 4 is 28.8 Å². The van der Waals surface area contributed by atoms with E-state index < -0.39 is 0 Å². The van der Waals surface area contributed by atoms with Crippen LogP contribution < -0.4 is 15.0 Å². The third-order valence-corrected chi connectivity index (χ3v) is 5.75. The van der Waals surface area contributed by atoms with Crippen LogP contribution >= 0.6 is 11.3 Å². The fourth-order valence-corrected chi connectivity index (χ4v) is 3.89. The van der Waals surface area contributed by atoms with Gasteiger partial charge in [-0.05, 0) is 29.5 Å². The lowest BCUT2D eigenvalue weighted by Crippen LogP contribution is -2.38. The van der Waals surface area contributed by atoms with Crippen molar-refractivity contribution in [3.8, 4) is 5.75 Å². The highest BCUT2D eigenvalue weighted by Crippen LogP contribution is 2.37. The zero-order chi connectivity index (χ0) is 21.0. The first kappa shape index (κ1) is 21.3. The number of nitrogens with one attached hydrogen (secondary N) is 1. The Balaban J connectivity index is 1.75. The number of hydrogen-bond acceptors (Lipinski definition) is 5. The number of ether oxygens (including phenoxy) is 1. The van der Waals surface area contributed by atoms with Crippen LogP contribution in [0.25, 0.3) is 0 Å².